The molecule has 0 amide bonds. The lowest BCUT2D eigenvalue weighted by Gasteiger charge is -2.12. The molecular formula is C23H22N4O3S. The maximum atomic E-state index is 13.0. The van der Waals surface area contributed by atoms with Crippen LogP contribution in [0.15, 0.2) is 63.1 Å². The molecule has 0 radical (unpaired) electrons. The number of ether oxygens (including phenoxy) is 1. The highest BCUT2D eigenvalue weighted by molar-refractivity contribution is 7.98. The predicted octanol–water partition coefficient (Wildman–Crippen LogP) is 3.30. The second-order valence-corrected chi connectivity index (χ2v) is 8.23. The summed E-state index contributed by atoms with van der Waals surface area (Å²) in [5.41, 5.74) is 2.57. The van der Waals surface area contributed by atoms with Gasteiger partial charge in [-0.25, -0.2) is 14.8 Å². The first kappa shape index (κ1) is 20.9. The fourth-order valence-corrected chi connectivity index (χ4v) is 4.31. The summed E-state index contributed by atoms with van der Waals surface area (Å²) in [4.78, 5) is 34.8. The zero-order valence-corrected chi connectivity index (χ0v) is 18.6. The Kier molecular flexibility index (Phi) is 5.65. The molecule has 4 aromatic rings. The average Bonchev–Trinajstić information content (AvgIpc) is 2.79. The van der Waals surface area contributed by atoms with E-state index in [9.17, 15) is 9.59 Å². The summed E-state index contributed by atoms with van der Waals surface area (Å²) >= 11 is 1.46. The number of hydrogen-bond acceptors (Lipinski definition) is 6. The van der Waals surface area contributed by atoms with Crippen LogP contribution in [0.25, 0.3) is 22.4 Å². The molecule has 0 aliphatic rings. The molecular weight excluding hydrogens is 412 g/mol. The minimum absolute atomic E-state index is 0.320. The number of nitrogens with zero attached hydrogens (tertiary/aromatic N) is 4. The molecule has 158 valence electrons. The van der Waals surface area contributed by atoms with Crippen molar-refractivity contribution in [3.05, 3.63) is 80.5 Å². The van der Waals surface area contributed by atoms with E-state index in [1.165, 1.54) is 28.9 Å². The zero-order valence-electron chi connectivity index (χ0n) is 17.7. The third-order valence-corrected chi connectivity index (χ3v) is 6.12. The normalized spacial score (nSPS) is 11.1. The summed E-state index contributed by atoms with van der Waals surface area (Å²) < 4.78 is 7.71. The van der Waals surface area contributed by atoms with Crippen LogP contribution in [0.2, 0.25) is 0 Å². The zero-order chi connectivity index (χ0) is 22.1. The number of aryl methyl sites for hydroxylation is 2. The third-order valence-electron chi connectivity index (χ3n) is 5.07. The highest BCUT2D eigenvalue weighted by atomic mass is 32.2. The minimum atomic E-state index is -0.425. The van der Waals surface area contributed by atoms with Gasteiger partial charge in [0.05, 0.1) is 7.11 Å². The molecule has 8 heteroatoms. The molecule has 0 atom stereocenters. The standard InChI is InChI=1S/C23H22N4O3S/c1-14-6-5-7-15(12-14)13-31-21-18-20(26(2)23(29)27(3)22(18)28)24-19(25-21)16-8-10-17(30-4)11-9-16/h5-12H,13H2,1-4H3. The van der Waals surface area contributed by atoms with Crippen molar-refractivity contribution < 1.29 is 4.74 Å². The maximum Gasteiger partial charge on any atom is 0.332 e. The number of hydrogen-bond donors (Lipinski definition) is 0. The molecule has 4 rings (SSSR count). The van der Waals surface area contributed by atoms with Crippen LogP contribution < -0.4 is 16.0 Å². The van der Waals surface area contributed by atoms with E-state index < -0.39 is 11.2 Å². The second-order valence-electron chi connectivity index (χ2n) is 7.26. The number of fused-ring (bicyclic) bond motifs is 1. The highest BCUT2D eigenvalue weighted by Crippen LogP contribution is 2.29. The van der Waals surface area contributed by atoms with Crippen LogP contribution in [-0.4, -0.2) is 26.2 Å². The van der Waals surface area contributed by atoms with E-state index in [0.717, 1.165) is 21.4 Å². The molecule has 0 unspecified atom stereocenters. The van der Waals surface area contributed by atoms with Crippen LogP contribution in [0, 0.1) is 6.92 Å². The summed E-state index contributed by atoms with van der Waals surface area (Å²) in [5, 5.41) is 0.896. The lowest BCUT2D eigenvalue weighted by molar-refractivity contribution is 0.415. The summed E-state index contributed by atoms with van der Waals surface area (Å²) in [6.07, 6.45) is 0. The SMILES string of the molecule is COc1ccc(-c2nc(SCc3cccc(C)c3)c3c(=O)n(C)c(=O)n(C)c3n2)cc1. The first-order valence-electron chi connectivity index (χ1n) is 9.69. The van der Waals surface area contributed by atoms with E-state index in [-0.39, 0.29) is 0 Å². The van der Waals surface area contributed by atoms with Crippen LogP contribution in [-0.2, 0) is 19.8 Å². The topological polar surface area (TPSA) is 79.0 Å². The van der Waals surface area contributed by atoms with E-state index in [4.69, 9.17) is 9.72 Å². The van der Waals surface area contributed by atoms with Crippen molar-refractivity contribution in [2.75, 3.05) is 7.11 Å². The van der Waals surface area contributed by atoms with Gasteiger partial charge < -0.3 is 4.74 Å². The van der Waals surface area contributed by atoms with E-state index in [2.05, 4.69) is 11.1 Å². The van der Waals surface area contributed by atoms with Gasteiger partial charge in [0.15, 0.2) is 11.5 Å². The highest BCUT2D eigenvalue weighted by Gasteiger charge is 2.18. The average molecular weight is 435 g/mol. The Labute approximate surface area is 183 Å². The Bertz CT molecular complexity index is 1390. The van der Waals surface area contributed by atoms with E-state index in [1.807, 2.05) is 49.4 Å². The predicted molar refractivity (Wildman–Crippen MR) is 123 cm³/mol. The Balaban J connectivity index is 1.90. The van der Waals surface area contributed by atoms with E-state index >= 15 is 0 Å². The van der Waals surface area contributed by atoms with Gasteiger partial charge in [-0.15, -0.1) is 11.8 Å². The van der Waals surface area contributed by atoms with Gasteiger partial charge in [0.2, 0.25) is 0 Å². The van der Waals surface area contributed by atoms with Gasteiger partial charge >= 0.3 is 5.69 Å². The number of benzene rings is 2. The summed E-state index contributed by atoms with van der Waals surface area (Å²) in [6, 6.07) is 15.6. The van der Waals surface area contributed by atoms with Gasteiger partial charge in [0.1, 0.15) is 16.2 Å². The Morgan fingerprint density at radius 2 is 1.74 bits per heavy atom. The lowest BCUT2D eigenvalue weighted by Crippen LogP contribution is -2.37. The van der Waals surface area contributed by atoms with Crippen molar-refractivity contribution in [3.63, 3.8) is 0 Å². The molecule has 0 bridgehead atoms. The first-order chi connectivity index (χ1) is 14.9. The Hall–Kier alpha value is -3.39. The Morgan fingerprint density at radius 1 is 1.00 bits per heavy atom. The van der Waals surface area contributed by atoms with E-state index in [1.54, 1.807) is 14.2 Å². The number of methoxy groups -OCH3 is 1. The van der Waals surface area contributed by atoms with Crippen molar-refractivity contribution in [1.29, 1.82) is 0 Å². The smallest absolute Gasteiger partial charge is 0.332 e. The molecule has 2 heterocycles. The van der Waals surface area contributed by atoms with Crippen LogP contribution in [0.3, 0.4) is 0 Å². The molecule has 0 aliphatic heterocycles. The molecule has 0 N–H and O–H groups in total. The maximum absolute atomic E-state index is 13.0. The molecule has 0 saturated carbocycles. The third kappa shape index (κ3) is 3.98. The minimum Gasteiger partial charge on any atom is -0.497 e. The lowest BCUT2D eigenvalue weighted by atomic mass is 10.2. The molecule has 2 aromatic heterocycles. The number of thioether (sulfide) groups is 1. The molecule has 2 aromatic carbocycles. The largest absolute Gasteiger partial charge is 0.497 e. The van der Waals surface area contributed by atoms with Crippen molar-refractivity contribution in [1.82, 2.24) is 19.1 Å². The fourth-order valence-electron chi connectivity index (χ4n) is 3.36. The first-order valence-corrected chi connectivity index (χ1v) is 10.7. The molecule has 0 fully saturated rings. The molecule has 0 aliphatic carbocycles. The van der Waals surface area contributed by atoms with Gasteiger partial charge in [0.25, 0.3) is 5.56 Å². The van der Waals surface area contributed by atoms with Crippen molar-refractivity contribution in [3.8, 4) is 17.1 Å². The van der Waals surface area contributed by atoms with Crippen molar-refractivity contribution in [2.24, 2.45) is 14.1 Å². The molecule has 0 spiro atoms. The number of aromatic nitrogens is 4. The van der Waals surface area contributed by atoms with Crippen molar-refractivity contribution in [2.45, 2.75) is 17.7 Å². The van der Waals surface area contributed by atoms with Crippen LogP contribution in [0.1, 0.15) is 11.1 Å². The molecule has 31 heavy (non-hydrogen) atoms. The van der Waals surface area contributed by atoms with Gasteiger partial charge in [-0.1, -0.05) is 29.8 Å². The molecule has 0 saturated heterocycles. The van der Waals surface area contributed by atoms with Crippen LogP contribution in [0.4, 0.5) is 0 Å². The van der Waals surface area contributed by atoms with Crippen molar-refractivity contribution >= 4 is 22.8 Å². The molecule has 7 nitrogen and oxygen atoms in total. The second kappa shape index (κ2) is 8.39. The van der Waals surface area contributed by atoms with Gasteiger partial charge in [0, 0.05) is 25.4 Å². The summed E-state index contributed by atoms with van der Waals surface area (Å²) in [6.45, 7) is 2.04. The summed E-state index contributed by atoms with van der Waals surface area (Å²) in [7, 11) is 4.69. The quantitative estimate of drug-likeness (QED) is 0.354. The fraction of sp³-hybridized carbons (Fsp3) is 0.217. The Morgan fingerprint density at radius 3 is 2.42 bits per heavy atom. The van der Waals surface area contributed by atoms with Crippen LogP contribution in [0.5, 0.6) is 5.75 Å². The van der Waals surface area contributed by atoms with Crippen LogP contribution >= 0.6 is 11.8 Å². The van der Waals surface area contributed by atoms with E-state index in [0.29, 0.717) is 27.6 Å². The van der Waals surface area contributed by atoms with Gasteiger partial charge in [-0.05, 0) is 36.8 Å². The van der Waals surface area contributed by atoms with Gasteiger partial charge in [-0.2, -0.15) is 0 Å². The monoisotopic (exact) mass is 434 g/mol. The van der Waals surface area contributed by atoms with Gasteiger partial charge in [-0.3, -0.25) is 13.9 Å². The summed E-state index contributed by atoms with van der Waals surface area (Å²) in [5.74, 6) is 1.81. The number of rotatable bonds is 5.